The fourth-order valence-electron chi connectivity index (χ4n) is 1.67. The number of esters is 1. The molecule has 0 saturated carbocycles. The van der Waals surface area contributed by atoms with Gasteiger partial charge >= 0.3 is 5.97 Å². The molecule has 0 fully saturated rings. The number of hydrogen-bond acceptors (Lipinski definition) is 5. The molecule has 0 aliphatic heterocycles. The third-order valence-electron chi connectivity index (χ3n) is 2.77. The van der Waals surface area contributed by atoms with Gasteiger partial charge in [0.05, 0.1) is 24.6 Å². The van der Waals surface area contributed by atoms with Gasteiger partial charge in [-0.1, -0.05) is 6.07 Å². The molecule has 0 aliphatic carbocycles. The van der Waals surface area contributed by atoms with Crippen LogP contribution >= 0.6 is 0 Å². The molecule has 0 unspecified atom stereocenters. The number of methoxy groups -OCH3 is 1. The van der Waals surface area contributed by atoms with E-state index in [2.05, 4.69) is 19.7 Å². The van der Waals surface area contributed by atoms with E-state index in [1.807, 2.05) is 0 Å². The van der Waals surface area contributed by atoms with E-state index in [-0.39, 0.29) is 4.90 Å². The number of nitrogens with zero attached hydrogens (tertiary/aromatic N) is 1. The summed E-state index contributed by atoms with van der Waals surface area (Å²) in [6.07, 6.45) is 2.46. The van der Waals surface area contributed by atoms with Gasteiger partial charge in [0.25, 0.3) is 10.0 Å². The topological polar surface area (TPSA) is 101 Å². The molecule has 0 atom stereocenters. The highest BCUT2D eigenvalue weighted by Crippen LogP contribution is 2.22. The number of aromatic amines is 1. The van der Waals surface area contributed by atoms with E-state index in [1.54, 1.807) is 25.1 Å². The third-order valence-corrected chi connectivity index (χ3v) is 4.10. The van der Waals surface area contributed by atoms with E-state index in [9.17, 15) is 13.2 Å². The summed E-state index contributed by atoms with van der Waals surface area (Å²) in [5.41, 5.74) is 1.11. The van der Waals surface area contributed by atoms with Crippen LogP contribution in [0.2, 0.25) is 0 Å². The second kappa shape index (κ2) is 5.33. The van der Waals surface area contributed by atoms with Crippen LogP contribution in [0.5, 0.6) is 0 Å². The summed E-state index contributed by atoms with van der Waals surface area (Å²) >= 11 is 0. The Hall–Kier alpha value is -2.35. The Morgan fingerprint density at radius 1 is 1.40 bits per heavy atom. The fraction of sp³-hybridized carbons (Fsp3) is 0.167. The zero-order valence-corrected chi connectivity index (χ0v) is 11.7. The molecule has 2 N–H and O–H groups in total. The number of benzene rings is 1. The summed E-state index contributed by atoms with van der Waals surface area (Å²) in [7, 11) is -2.47. The van der Waals surface area contributed by atoms with E-state index >= 15 is 0 Å². The van der Waals surface area contributed by atoms with Gasteiger partial charge < -0.3 is 4.74 Å². The minimum atomic E-state index is -3.74. The zero-order valence-electron chi connectivity index (χ0n) is 10.9. The number of aromatic nitrogens is 2. The first-order chi connectivity index (χ1) is 9.45. The van der Waals surface area contributed by atoms with Crippen LogP contribution < -0.4 is 4.72 Å². The smallest absolute Gasteiger partial charge is 0.338 e. The highest BCUT2D eigenvalue weighted by atomic mass is 32.2. The molecule has 0 radical (unpaired) electrons. The molecule has 1 aromatic carbocycles. The molecule has 8 heteroatoms. The van der Waals surface area contributed by atoms with Crippen LogP contribution in [0.15, 0.2) is 35.5 Å². The molecule has 1 heterocycles. The van der Waals surface area contributed by atoms with Gasteiger partial charge in [-0.25, -0.2) is 13.2 Å². The number of hydrogen-bond donors (Lipinski definition) is 2. The second-order valence-electron chi connectivity index (χ2n) is 4.01. The Kier molecular flexibility index (Phi) is 3.75. The van der Waals surface area contributed by atoms with Gasteiger partial charge in [-0.2, -0.15) is 5.10 Å². The average molecular weight is 295 g/mol. The molecule has 7 nitrogen and oxygen atoms in total. The first kappa shape index (κ1) is 14.1. The molecule has 1 aromatic heterocycles. The van der Waals surface area contributed by atoms with Crippen LogP contribution in [-0.4, -0.2) is 31.7 Å². The molecular weight excluding hydrogens is 282 g/mol. The standard InChI is InChI=1S/C12H13N3O4S/c1-8-10(12(16)19-2)4-3-5-11(8)15-20(17,18)9-6-13-14-7-9/h3-7,15H,1-2H3,(H,13,14). The minimum absolute atomic E-state index is 0.0142. The van der Waals surface area contributed by atoms with Crippen molar-refractivity contribution >= 4 is 21.7 Å². The zero-order chi connectivity index (χ0) is 14.8. The molecule has 0 saturated heterocycles. The Balaban J connectivity index is 2.38. The van der Waals surface area contributed by atoms with Crippen molar-refractivity contribution in [1.29, 1.82) is 0 Å². The highest BCUT2D eigenvalue weighted by Gasteiger charge is 2.18. The lowest BCUT2D eigenvalue weighted by molar-refractivity contribution is 0.0600. The van der Waals surface area contributed by atoms with Crippen LogP contribution in [0.1, 0.15) is 15.9 Å². The summed E-state index contributed by atoms with van der Waals surface area (Å²) in [6.45, 7) is 1.64. The monoisotopic (exact) mass is 295 g/mol. The van der Waals surface area contributed by atoms with Crippen LogP contribution in [0, 0.1) is 6.92 Å². The van der Waals surface area contributed by atoms with Crippen molar-refractivity contribution < 1.29 is 17.9 Å². The predicted octanol–water partition coefficient (Wildman–Crippen LogP) is 1.31. The second-order valence-corrected chi connectivity index (χ2v) is 5.69. The fourth-order valence-corrected chi connectivity index (χ4v) is 2.69. The van der Waals surface area contributed by atoms with Gasteiger partial charge in [0, 0.05) is 6.20 Å². The number of ether oxygens (including phenoxy) is 1. The first-order valence-electron chi connectivity index (χ1n) is 5.65. The Labute approximate surface area is 116 Å². The number of rotatable bonds is 4. The van der Waals surface area contributed by atoms with Crippen molar-refractivity contribution in [3.05, 3.63) is 41.7 Å². The van der Waals surface area contributed by atoms with Crippen LogP contribution in [-0.2, 0) is 14.8 Å². The van der Waals surface area contributed by atoms with Crippen molar-refractivity contribution in [2.75, 3.05) is 11.8 Å². The molecule has 2 aromatic rings. The number of carbonyl (C=O) groups is 1. The molecule has 0 bridgehead atoms. The molecular formula is C12H13N3O4S. The van der Waals surface area contributed by atoms with E-state index in [0.29, 0.717) is 16.8 Å². The lowest BCUT2D eigenvalue weighted by Gasteiger charge is -2.11. The maximum Gasteiger partial charge on any atom is 0.338 e. The lowest BCUT2D eigenvalue weighted by atomic mass is 10.1. The molecule has 2 rings (SSSR count). The largest absolute Gasteiger partial charge is 0.465 e. The normalized spacial score (nSPS) is 11.1. The molecule has 0 spiro atoms. The SMILES string of the molecule is COC(=O)c1cccc(NS(=O)(=O)c2cn[nH]c2)c1C. The number of anilines is 1. The molecule has 0 amide bonds. The summed E-state index contributed by atoms with van der Waals surface area (Å²) < 4.78 is 31.2. The third kappa shape index (κ3) is 2.64. The minimum Gasteiger partial charge on any atom is -0.465 e. The average Bonchev–Trinajstić information content (AvgIpc) is 2.95. The lowest BCUT2D eigenvalue weighted by Crippen LogP contribution is -2.14. The van der Waals surface area contributed by atoms with E-state index in [1.165, 1.54) is 19.5 Å². The number of sulfonamides is 1. The van der Waals surface area contributed by atoms with Crippen LogP contribution in [0.4, 0.5) is 5.69 Å². The van der Waals surface area contributed by atoms with Crippen molar-refractivity contribution in [3.63, 3.8) is 0 Å². The Bertz CT molecular complexity index is 723. The van der Waals surface area contributed by atoms with E-state index < -0.39 is 16.0 Å². The molecule has 106 valence electrons. The van der Waals surface area contributed by atoms with Crippen molar-refractivity contribution in [2.24, 2.45) is 0 Å². The van der Waals surface area contributed by atoms with Gasteiger partial charge in [-0.3, -0.25) is 9.82 Å². The van der Waals surface area contributed by atoms with Gasteiger partial charge in [0.2, 0.25) is 0 Å². The summed E-state index contributed by atoms with van der Waals surface area (Å²) in [5, 5.41) is 6.02. The number of nitrogens with one attached hydrogen (secondary N) is 2. The highest BCUT2D eigenvalue weighted by molar-refractivity contribution is 7.92. The van der Waals surface area contributed by atoms with Crippen molar-refractivity contribution in [3.8, 4) is 0 Å². The van der Waals surface area contributed by atoms with E-state index in [4.69, 9.17) is 0 Å². The molecule has 20 heavy (non-hydrogen) atoms. The van der Waals surface area contributed by atoms with Crippen LogP contribution in [0.3, 0.4) is 0 Å². The number of carbonyl (C=O) groups excluding carboxylic acids is 1. The van der Waals surface area contributed by atoms with Gasteiger partial charge in [-0.15, -0.1) is 0 Å². The maximum absolute atomic E-state index is 12.1. The van der Waals surface area contributed by atoms with Crippen molar-refractivity contribution in [1.82, 2.24) is 10.2 Å². The summed E-state index contributed by atoms with van der Waals surface area (Å²) in [6, 6.07) is 4.71. The predicted molar refractivity (Wildman–Crippen MR) is 71.9 cm³/mol. The van der Waals surface area contributed by atoms with Crippen LogP contribution in [0.25, 0.3) is 0 Å². The van der Waals surface area contributed by atoms with E-state index in [0.717, 1.165) is 0 Å². The summed E-state index contributed by atoms with van der Waals surface area (Å²) in [5.74, 6) is -0.521. The van der Waals surface area contributed by atoms with Gasteiger partial charge in [0.1, 0.15) is 4.90 Å². The van der Waals surface area contributed by atoms with Gasteiger partial charge in [0.15, 0.2) is 0 Å². The number of H-pyrrole nitrogens is 1. The maximum atomic E-state index is 12.1. The Morgan fingerprint density at radius 2 is 2.15 bits per heavy atom. The quantitative estimate of drug-likeness (QED) is 0.828. The Morgan fingerprint density at radius 3 is 2.75 bits per heavy atom. The first-order valence-corrected chi connectivity index (χ1v) is 7.13. The summed E-state index contributed by atoms with van der Waals surface area (Å²) in [4.78, 5) is 11.6. The van der Waals surface area contributed by atoms with Gasteiger partial charge in [-0.05, 0) is 24.6 Å². The molecule has 0 aliphatic rings. The van der Waals surface area contributed by atoms with Crippen molar-refractivity contribution in [2.45, 2.75) is 11.8 Å².